The molecule has 1 heterocycles. The molecule has 0 amide bonds. The maximum absolute atomic E-state index is 12.9. The van der Waals surface area contributed by atoms with Crippen LogP contribution >= 0.6 is 34.9 Å². The van der Waals surface area contributed by atoms with Crippen LogP contribution in [0, 0.1) is 5.82 Å². The zero-order valence-corrected chi connectivity index (χ0v) is 15.5. The molecule has 0 aliphatic heterocycles. The minimum Gasteiger partial charge on any atom is -0.356 e. The zero-order chi connectivity index (χ0) is 16.8. The zero-order valence-electron chi connectivity index (χ0n) is 13.0. The summed E-state index contributed by atoms with van der Waals surface area (Å²) in [7, 11) is 0. The summed E-state index contributed by atoms with van der Waals surface area (Å²) in [5.74, 6) is 0.653. The normalized spacial score (nSPS) is 10.8. The molecule has 2 aromatic carbocycles. The number of aromatic nitrogens is 2. The third kappa shape index (κ3) is 4.96. The monoisotopic (exact) mass is 377 g/mol. The van der Waals surface area contributed by atoms with Crippen molar-refractivity contribution in [3.8, 4) is 0 Å². The number of hydrogen-bond donors (Lipinski definition) is 1. The summed E-state index contributed by atoms with van der Waals surface area (Å²) in [6, 6.07) is 15.0. The second-order valence-electron chi connectivity index (χ2n) is 4.99. The van der Waals surface area contributed by atoms with Crippen LogP contribution in [0.3, 0.4) is 0 Å². The van der Waals surface area contributed by atoms with Crippen molar-refractivity contribution in [3.63, 3.8) is 0 Å². The molecule has 124 valence electrons. The van der Waals surface area contributed by atoms with Crippen LogP contribution in [-0.4, -0.2) is 16.5 Å². The van der Waals surface area contributed by atoms with Crippen molar-refractivity contribution in [2.75, 3.05) is 11.6 Å². The first-order valence-corrected chi connectivity index (χ1v) is 10.3. The van der Waals surface area contributed by atoms with Gasteiger partial charge in [-0.3, -0.25) is 0 Å². The maximum Gasteiger partial charge on any atom is 0.206 e. The largest absolute Gasteiger partial charge is 0.356 e. The van der Waals surface area contributed by atoms with Crippen molar-refractivity contribution in [2.45, 2.75) is 21.5 Å². The fourth-order valence-corrected chi connectivity index (χ4v) is 4.10. The third-order valence-corrected chi connectivity index (χ3v) is 6.11. The number of benzene rings is 2. The van der Waals surface area contributed by atoms with Crippen LogP contribution in [0.25, 0.3) is 0 Å². The van der Waals surface area contributed by atoms with E-state index in [1.165, 1.54) is 33.9 Å². The van der Waals surface area contributed by atoms with Crippen molar-refractivity contribution in [1.29, 1.82) is 0 Å². The second kappa shape index (κ2) is 8.50. The molecular weight excluding hydrogens is 361 g/mol. The molecule has 0 unspecified atom stereocenters. The highest BCUT2D eigenvalue weighted by Gasteiger charge is 2.05. The summed E-state index contributed by atoms with van der Waals surface area (Å²) >= 11 is 4.96. The Kier molecular flexibility index (Phi) is 6.12. The summed E-state index contributed by atoms with van der Waals surface area (Å²) in [6.07, 6.45) is 2.07. The Labute approximate surface area is 153 Å². The highest BCUT2D eigenvalue weighted by Crippen LogP contribution is 2.29. The van der Waals surface area contributed by atoms with Gasteiger partial charge in [0, 0.05) is 17.2 Å². The lowest BCUT2D eigenvalue weighted by molar-refractivity contribution is 0.627. The summed E-state index contributed by atoms with van der Waals surface area (Å²) in [4.78, 5) is 1.27. The van der Waals surface area contributed by atoms with E-state index in [4.69, 9.17) is 0 Å². The van der Waals surface area contributed by atoms with Crippen LogP contribution in [0.2, 0.25) is 0 Å². The van der Waals surface area contributed by atoms with Crippen molar-refractivity contribution in [3.05, 3.63) is 65.5 Å². The van der Waals surface area contributed by atoms with E-state index >= 15 is 0 Å². The first-order chi connectivity index (χ1) is 11.7. The number of nitrogens with one attached hydrogen (secondary N) is 1. The number of thioether (sulfide) groups is 2. The van der Waals surface area contributed by atoms with Gasteiger partial charge in [0.05, 0.1) is 0 Å². The summed E-state index contributed by atoms with van der Waals surface area (Å²) in [5, 5.41) is 12.3. The molecule has 24 heavy (non-hydrogen) atoms. The Hall–Kier alpha value is -1.57. The molecule has 0 fully saturated rings. The highest BCUT2D eigenvalue weighted by molar-refractivity contribution is 8.00. The molecular formula is C17H16FN3S3. The van der Waals surface area contributed by atoms with E-state index in [-0.39, 0.29) is 5.82 Å². The van der Waals surface area contributed by atoms with Gasteiger partial charge in [-0.05, 0) is 41.6 Å². The van der Waals surface area contributed by atoms with Gasteiger partial charge in [-0.25, -0.2) is 4.39 Å². The SMILES string of the molecule is CSc1ccc(CSc2nnc(NCc3ccc(F)cc3)s2)cc1. The fraction of sp³-hybridized carbons (Fsp3) is 0.176. The topological polar surface area (TPSA) is 37.8 Å². The molecule has 1 N–H and O–H groups in total. The van der Waals surface area contributed by atoms with Gasteiger partial charge in [0.15, 0.2) is 4.34 Å². The minimum atomic E-state index is -0.223. The molecule has 0 aliphatic rings. The molecule has 1 aromatic heterocycles. The average Bonchev–Trinajstić information content (AvgIpc) is 3.08. The Bertz CT molecular complexity index is 773. The first-order valence-electron chi connectivity index (χ1n) is 7.30. The Morgan fingerprint density at radius 1 is 1.00 bits per heavy atom. The minimum absolute atomic E-state index is 0.223. The highest BCUT2D eigenvalue weighted by atomic mass is 32.2. The molecule has 0 aliphatic carbocycles. The molecule has 0 saturated carbocycles. The van der Waals surface area contributed by atoms with Crippen LogP contribution in [0.1, 0.15) is 11.1 Å². The van der Waals surface area contributed by atoms with Gasteiger partial charge >= 0.3 is 0 Å². The van der Waals surface area contributed by atoms with Gasteiger partial charge in [0.25, 0.3) is 0 Å². The Morgan fingerprint density at radius 2 is 1.71 bits per heavy atom. The molecule has 0 saturated heterocycles. The smallest absolute Gasteiger partial charge is 0.206 e. The van der Waals surface area contributed by atoms with Gasteiger partial charge in [0.1, 0.15) is 5.82 Å². The van der Waals surface area contributed by atoms with E-state index in [2.05, 4.69) is 46.0 Å². The van der Waals surface area contributed by atoms with E-state index in [1.807, 2.05) is 0 Å². The molecule has 3 rings (SSSR count). The van der Waals surface area contributed by atoms with E-state index in [0.29, 0.717) is 6.54 Å². The van der Waals surface area contributed by atoms with E-state index in [1.54, 1.807) is 35.7 Å². The standard InChI is InChI=1S/C17H16FN3S3/c1-22-15-8-4-13(5-9-15)11-23-17-21-20-16(24-17)19-10-12-2-6-14(18)7-3-12/h2-9H,10-11H2,1H3,(H,19,20). The van der Waals surface area contributed by atoms with Crippen LogP contribution in [0.4, 0.5) is 9.52 Å². The van der Waals surface area contributed by atoms with E-state index in [0.717, 1.165) is 20.8 Å². The number of anilines is 1. The Morgan fingerprint density at radius 3 is 2.42 bits per heavy atom. The molecule has 7 heteroatoms. The van der Waals surface area contributed by atoms with Crippen LogP contribution in [0.5, 0.6) is 0 Å². The molecule has 0 atom stereocenters. The lowest BCUT2D eigenvalue weighted by Gasteiger charge is -2.02. The van der Waals surface area contributed by atoms with Crippen LogP contribution < -0.4 is 5.32 Å². The molecule has 3 nitrogen and oxygen atoms in total. The summed E-state index contributed by atoms with van der Waals surface area (Å²) < 4.78 is 13.8. The summed E-state index contributed by atoms with van der Waals surface area (Å²) in [5.41, 5.74) is 2.28. The third-order valence-electron chi connectivity index (χ3n) is 3.28. The summed E-state index contributed by atoms with van der Waals surface area (Å²) in [6.45, 7) is 0.607. The van der Waals surface area contributed by atoms with Crippen molar-refractivity contribution >= 4 is 40.0 Å². The second-order valence-corrected chi connectivity index (χ2v) is 8.07. The van der Waals surface area contributed by atoms with Crippen LogP contribution in [-0.2, 0) is 12.3 Å². The average molecular weight is 378 g/mol. The fourth-order valence-electron chi connectivity index (χ4n) is 1.99. The van der Waals surface area contributed by atoms with Gasteiger partial charge < -0.3 is 5.32 Å². The molecule has 0 spiro atoms. The predicted molar refractivity (Wildman–Crippen MR) is 101 cm³/mol. The lowest BCUT2D eigenvalue weighted by Crippen LogP contribution is -1.98. The van der Waals surface area contributed by atoms with Gasteiger partial charge in [-0.1, -0.05) is 47.4 Å². The van der Waals surface area contributed by atoms with Gasteiger partial charge in [-0.2, -0.15) is 0 Å². The first kappa shape index (κ1) is 17.3. The van der Waals surface area contributed by atoms with Crippen molar-refractivity contribution in [1.82, 2.24) is 10.2 Å². The van der Waals surface area contributed by atoms with Gasteiger partial charge in [0.2, 0.25) is 5.13 Å². The molecule has 0 radical (unpaired) electrons. The van der Waals surface area contributed by atoms with Gasteiger partial charge in [-0.15, -0.1) is 22.0 Å². The number of halogens is 1. The molecule has 3 aromatic rings. The quantitative estimate of drug-likeness (QED) is 0.565. The number of rotatable bonds is 7. The lowest BCUT2D eigenvalue weighted by atomic mass is 10.2. The maximum atomic E-state index is 12.9. The van der Waals surface area contributed by atoms with Crippen molar-refractivity contribution < 1.29 is 4.39 Å². The van der Waals surface area contributed by atoms with Crippen molar-refractivity contribution in [2.24, 2.45) is 0 Å². The number of hydrogen-bond acceptors (Lipinski definition) is 6. The van der Waals surface area contributed by atoms with Crippen LogP contribution in [0.15, 0.2) is 57.8 Å². The van der Waals surface area contributed by atoms with E-state index < -0.39 is 0 Å². The Balaban J connectivity index is 1.50. The van der Waals surface area contributed by atoms with E-state index in [9.17, 15) is 4.39 Å². The predicted octanol–water partition coefficient (Wildman–Crippen LogP) is 5.30. The number of nitrogens with zero attached hydrogens (tertiary/aromatic N) is 2. The molecule has 0 bridgehead atoms.